The first-order chi connectivity index (χ1) is 25.3. The van der Waals surface area contributed by atoms with Crippen molar-refractivity contribution in [2.75, 3.05) is 0 Å². The molecule has 0 radical (unpaired) electrons. The van der Waals surface area contributed by atoms with Gasteiger partial charge in [0.2, 0.25) is 0 Å². The van der Waals surface area contributed by atoms with Gasteiger partial charge in [0, 0.05) is 49.4 Å². The van der Waals surface area contributed by atoms with Gasteiger partial charge >= 0.3 is 0 Å². The van der Waals surface area contributed by atoms with Crippen LogP contribution in [0.4, 0.5) is 0 Å². The van der Waals surface area contributed by atoms with Crippen molar-refractivity contribution < 1.29 is 0 Å². The smallest absolute Gasteiger partial charge is 0.0562 e. The van der Waals surface area contributed by atoms with Gasteiger partial charge in [-0.15, -0.1) is 0 Å². The summed E-state index contributed by atoms with van der Waals surface area (Å²) < 4.78 is 7.23. The van der Waals surface area contributed by atoms with Crippen LogP contribution in [0, 0.1) is 0 Å². The molecule has 0 saturated heterocycles. The van der Waals surface area contributed by atoms with Crippen LogP contribution in [0.1, 0.15) is 0 Å². The van der Waals surface area contributed by atoms with Gasteiger partial charge in [0.05, 0.1) is 33.1 Å². The van der Waals surface area contributed by atoms with Crippen molar-refractivity contribution in [2.24, 2.45) is 0 Å². The Morgan fingerprint density at radius 1 is 0.216 bits per heavy atom. The molecule has 0 saturated carbocycles. The van der Waals surface area contributed by atoms with Crippen LogP contribution in [0.5, 0.6) is 0 Å². The van der Waals surface area contributed by atoms with Crippen LogP contribution in [0.15, 0.2) is 188 Å². The third-order valence-corrected chi connectivity index (χ3v) is 10.6. The zero-order valence-electron chi connectivity index (χ0n) is 27.7. The standard InChI is InChI=1S/C48H31N3/c1-4-14-34(15-5-1)49-43-22-12-10-20-37(43)40-28-32(25-27-45(40)49)33-24-26-39-42-30-41-38-21-11-13-23-44(38)50(35-16-6-2-7-17-35)47(41)31-48(42)51(46(39)29-33)36-18-8-3-9-19-36/h1-31H. The fourth-order valence-electron chi connectivity index (χ4n) is 8.38. The third-order valence-electron chi connectivity index (χ3n) is 10.6. The first kappa shape index (κ1) is 28.0. The van der Waals surface area contributed by atoms with E-state index in [1.807, 2.05) is 0 Å². The third kappa shape index (κ3) is 4.12. The summed E-state index contributed by atoms with van der Waals surface area (Å²) in [6.07, 6.45) is 0. The summed E-state index contributed by atoms with van der Waals surface area (Å²) in [7, 11) is 0. The van der Waals surface area contributed by atoms with Gasteiger partial charge in [0.25, 0.3) is 0 Å². The van der Waals surface area contributed by atoms with Gasteiger partial charge in [0.15, 0.2) is 0 Å². The van der Waals surface area contributed by atoms with E-state index in [0.29, 0.717) is 0 Å². The average molecular weight is 650 g/mol. The van der Waals surface area contributed by atoms with Crippen LogP contribution in [-0.2, 0) is 0 Å². The van der Waals surface area contributed by atoms with Gasteiger partial charge < -0.3 is 13.7 Å². The highest BCUT2D eigenvalue weighted by atomic mass is 15.0. The van der Waals surface area contributed by atoms with E-state index in [4.69, 9.17) is 0 Å². The second-order valence-corrected chi connectivity index (χ2v) is 13.4. The van der Waals surface area contributed by atoms with Crippen molar-refractivity contribution >= 4 is 65.4 Å². The van der Waals surface area contributed by atoms with E-state index in [0.717, 1.165) is 11.4 Å². The van der Waals surface area contributed by atoms with E-state index in [1.165, 1.54) is 82.2 Å². The van der Waals surface area contributed by atoms with E-state index in [1.54, 1.807) is 0 Å². The number of hydrogen-bond acceptors (Lipinski definition) is 0. The maximum atomic E-state index is 2.44. The zero-order valence-corrected chi connectivity index (χ0v) is 27.7. The minimum atomic E-state index is 1.15. The number of rotatable bonds is 4. The second kappa shape index (κ2) is 10.8. The lowest BCUT2D eigenvalue weighted by molar-refractivity contribution is 1.16. The molecule has 3 heteroatoms. The molecular formula is C48H31N3. The molecule has 0 spiro atoms. The Bertz CT molecular complexity index is 3110. The molecule has 0 bridgehead atoms. The molecule has 0 amide bonds. The molecule has 0 aliphatic rings. The highest BCUT2D eigenvalue weighted by molar-refractivity contribution is 6.19. The summed E-state index contributed by atoms with van der Waals surface area (Å²) in [5.74, 6) is 0. The molecule has 0 N–H and O–H groups in total. The van der Waals surface area contributed by atoms with E-state index >= 15 is 0 Å². The monoisotopic (exact) mass is 649 g/mol. The first-order valence-electron chi connectivity index (χ1n) is 17.5. The summed E-state index contributed by atoms with van der Waals surface area (Å²) in [5, 5.41) is 7.54. The van der Waals surface area contributed by atoms with Crippen LogP contribution < -0.4 is 0 Å². The number of nitrogens with zero attached hydrogens (tertiary/aromatic N) is 3. The Morgan fingerprint density at radius 2 is 0.588 bits per heavy atom. The maximum Gasteiger partial charge on any atom is 0.0562 e. The molecule has 0 unspecified atom stereocenters. The molecule has 11 rings (SSSR count). The number of hydrogen-bond donors (Lipinski definition) is 0. The lowest BCUT2D eigenvalue weighted by Gasteiger charge is -2.11. The van der Waals surface area contributed by atoms with Crippen LogP contribution >= 0.6 is 0 Å². The van der Waals surface area contributed by atoms with Crippen LogP contribution in [0.3, 0.4) is 0 Å². The summed E-state index contributed by atoms with van der Waals surface area (Å²) in [6, 6.07) is 68.4. The Hall–Kier alpha value is -6.84. The zero-order chi connectivity index (χ0) is 33.5. The minimum Gasteiger partial charge on any atom is -0.309 e. The minimum absolute atomic E-state index is 1.15. The van der Waals surface area contributed by atoms with Crippen LogP contribution in [0.2, 0.25) is 0 Å². The summed E-state index contributed by atoms with van der Waals surface area (Å²) in [4.78, 5) is 0. The van der Waals surface area contributed by atoms with Crippen LogP contribution in [-0.4, -0.2) is 13.7 Å². The lowest BCUT2D eigenvalue weighted by Crippen LogP contribution is -1.95. The number of fused-ring (bicyclic) bond motifs is 9. The largest absolute Gasteiger partial charge is 0.309 e. The van der Waals surface area contributed by atoms with E-state index in [2.05, 4.69) is 202 Å². The van der Waals surface area contributed by atoms with Crippen LogP contribution in [0.25, 0.3) is 93.6 Å². The van der Waals surface area contributed by atoms with Gasteiger partial charge in [-0.05, 0) is 90.0 Å². The number of benzene rings is 8. The van der Waals surface area contributed by atoms with Gasteiger partial charge in [-0.2, -0.15) is 0 Å². The normalized spacial score (nSPS) is 11.9. The quantitative estimate of drug-likeness (QED) is 0.180. The second-order valence-electron chi connectivity index (χ2n) is 13.4. The Morgan fingerprint density at radius 3 is 1.16 bits per heavy atom. The predicted molar refractivity (Wildman–Crippen MR) is 215 cm³/mol. The molecular weight excluding hydrogens is 619 g/mol. The molecule has 238 valence electrons. The van der Waals surface area contributed by atoms with Gasteiger partial charge in [0.1, 0.15) is 0 Å². The lowest BCUT2D eigenvalue weighted by atomic mass is 10.0. The summed E-state index contributed by atoms with van der Waals surface area (Å²) in [5.41, 5.74) is 13.1. The molecule has 11 aromatic rings. The fourth-order valence-corrected chi connectivity index (χ4v) is 8.38. The van der Waals surface area contributed by atoms with Crippen molar-refractivity contribution in [3.05, 3.63) is 188 Å². The van der Waals surface area contributed by atoms with Crippen molar-refractivity contribution in [3.8, 4) is 28.2 Å². The first-order valence-corrected chi connectivity index (χ1v) is 17.5. The Labute approximate surface area is 294 Å². The van der Waals surface area contributed by atoms with E-state index in [9.17, 15) is 0 Å². The number of aromatic nitrogens is 3. The van der Waals surface area contributed by atoms with E-state index < -0.39 is 0 Å². The average Bonchev–Trinajstić information content (AvgIpc) is 3.82. The fraction of sp³-hybridized carbons (Fsp3) is 0. The van der Waals surface area contributed by atoms with Crippen molar-refractivity contribution in [2.45, 2.75) is 0 Å². The van der Waals surface area contributed by atoms with E-state index in [-0.39, 0.29) is 0 Å². The van der Waals surface area contributed by atoms with Gasteiger partial charge in [-0.25, -0.2) is 0 Å². The molecule has 3 aromatic heterocycles. The molecule has 3 nitrogen and oxygen atoms in total. The topological polar surface area (TPSA) is 14.8 Å². The highest BCUT2D eigenvalue weighted by Gasteiger charge is 2.19. The van der Waals surface area contributed by atoms with Crippen molar-refractivity contribution in [1.29, 1.82) is 0 Å². The molecule has 0 aliphatic carbocycles. The Kier molecular flexibility index (Phi) is 5.96. The predicted octanol–water partition coefficient (Wildman–Crippen LogP) is 12.6. The van der Waals surface area contributed by atoms with Gasteiger partial charge in [-0.1, -0.05) is 109 Å². The molecule has 51 heavy (non-hydrogen) atoms. The van der Waals surface area contributed by atoms with Crippen molar-refractivity contribution in [3.63, 3.8) is 0 Å². The summed E-state index contributed by atoms with van der Waals surface area (Å²) >= 11 is 0. The van der Waals surface area contributed by atoms with Crippen molar-refractivity contribution in [1.82, 2.24) is 13.7 Å². The molecule has 8 aromatic carbocycles. The molecule has 3 heterocycles. The van der Waals surface area contributed by atoms with Gasteiger partial charge in [-0.3, -0.25) is 0 Å². The highest BCUT2D eigenvalue weighted by Crippen LogP contribution is 2.41. The molecule has 0 fully saturated rings. The Balaban J connectivity index is 1.18. The number of para-hydroxylation sites is 5. The maximum absolute atomic E-state index is 2.44. The SMILES string of the molecule is c1ccc(-n2c3ccccc3c3cc(-c4ccc5c6cc7c8ccccc8n(-c8ccccc8)c7cc6n(-c6ccccc6)c5c4)ccc32)cc1. The molecule has 0 aliphatic heterocycles. The molecule has 0 atom stereocenters. The summed E-state index contributed by atoms with van der Waals surface area (Å²) in [6.45, 7) is 0.